The highest BCUT2D eigenvalue weighted by atomic mass is 35.5. The summed E-state index contributed by atoms with van der Waals surface area (Å²) in [5.41, 5.74) is 8.28. The summed E-state index contributed by atoms with van der Waals surface area (Å²) in [7, 11) is 0. The third kappa shape index (κ3) is 5.99. The number of morpholine rings is 1. The topological polar surface area (TPSA) is 73.4 Å². The van der Waals surface area contributed by atoms with Crippen LogP contribution in [-0.2, 0) is 16.1 Å². The van der Waals surface area contributed by atoms with Crippen LogP contribution in [0, 0.1) is 6.92 Å². The maximum absolute atomic E-state index is 12.6. The molecule has 2 aromatic rings. The fourth-order valence-electron chi connectivity index (χ4n) is 2.97. The quantitative estimate of drug-likeness (QED) is 0.835. The van der Waals surface area contributed by atoms with Crippen LogP contribution in [0.1, 0.15) is 23.6 Å². The molecule has 1 saturated heterocycles. The van der Waals surface area contributed by atoms with Gasteiger partial charge in [0, 0.05) is 31.7 Å². The molecular weight excluding hydrogens is 375 g/mol. The average molecular weight is 401 g/mol. The Labute approximate surface area is 166 Å². The van der Waals surface area contributed by atoms with Crippen LogP contribution >= 0.6 is 24.8 Å². The summed E-state index contributed by atoms with van der Waals surface area (Å²) in [5.74, 6) is 0.0799. The monoisotopic (exact) mass is 400 g/mol. The van der Waals surface area contributed by atoms with Crippen molar-refractivity contribution in [2.75, 3.05) is 19.7 Å². The highest BCUT2D eigenvalue weighted by Gasteiger charge is 2.26. The van der Waals surface area contributed by atoms with E-state index in [2.05, 4.69) is 5.10 Å². The van der Waals surface area contributed by atoms with E-state index < -0.39 is 0 Å². The van der Waals surface area contributed by atoms with Gasteiger partial charge in [0.15, 0.2) is 0 Å². The van der Waals surface area contributed by atoms with Crippen molar-refractivity contribution in [1.29, 1.82) is 0 Å². The first-order valence-electron chi connectivity index (χ1n) is 8.31. The second-order valence-corrected chi connectivity index (χ2v) is 6.29. The van der Waals surface area contributed by atoms with Crippen LogP contribution in [0.15, 0.2) is 42.7 Å². The minimum atomic E-state index is -0.270. The number of amides is 1. The molecule has 0 spiro atoms. The molecule has 0 bridgehead atoms. The van der Waals surface area contributed by atoms with Crippen LogP contribution in [0.4, 0.5) is 0 Å². The Morgan fingerprint density at radius 3 is 2.73 bits per heavy atom. The van der Waals surface area contributed by atoms with Gasteiger partial charge in [-0.25, -0.2) is 0 Å². The van der Waals surface area contributed by atoms with Crippen molar-refractivity contribution in [2.24, 2.45) is 5.73 Å². The normalized spacial score (nSPS) is 17.8. The number of carbonyl (C=O) groups is 1. The molecule has 2 unspecified atom stereocenters. The summed E-state index contributed by atoms with van der Waals surface area (Å²) in [5, 5.41) is 4.28. The first-order valence-corrected chi connectivity index (χ1v) is 8.31. The molecule has 1 aromatic carbocycles. The number of hydrogen-bond acceptors (Lipinski definition) is 4. The molecule has 0 aliphatic carbocycles. The molecule has 2 N–H and O–H groups in total. The number of aryl methyl sites for hydroxylation is 1. The number of carbonyl (C=O) groups excluding carboxylic acids is 1. The Bertz CT molecular complexity index is 681. The SMILES string of the molecule is Cc1cnn(CC2CN(C(=O)CC(N)c3ccccc3)CCO2)c1.Cl.Cl. The lowest BCUT2D eigenvalue weighted by Gasteiger charge is -2.33. The van der Waals surface area contributed by atoms with E-state index in [0.717, 1.165) is 11.1 Å². The van der Waals surface area contributed by atoms with Gasteiger partial charge in [0.05, 0.1) is 25.5 Å². The third-order valence-electron chi connectivity index (χ3n) is 4.27. The van der Waals surface area contributed by atoms with E-state index in [1.54, 1.807) is 0 Å². The summed E-state index contributed by atoms with van der Waals surface area (Å²) in [6.45, 7) is 4.42. The second kappa shape index (κ2) is 10.5. The van der Waals surface area contributed by atoms with E-state index in [9.17, 15) is 4.79 Å². The number of rotatable bonds is 5. The molecule has 3 rings (SSSR count). The number of halogens is 2. The zero-order valence-corrected chi connectivity index (χ0v) is 16.4. The number of nitrogens with zero attached hydrogens (tertiary/aromatic N) is 3. The van der Waals surface area contributed by atoms with Crippen molar-refractivity contribution in [2.45, 2.75) is 32.0 Å². The van der Waals surface area contributed by atoms with E-state index in [4.69, 9.17) is 10.5 Å². The molecule has 0 saturated carbocycles. The molecule has 1 amide bonds. The number of nitrogens with two attached hydrogens (primary N) is 1. The van der Waals surface area contributed by atoms with E-state index in [1.165, 1.54) is 0 Å². The van der Waals surface area contributed by atoms with Crippen LogP contribution in [0.3, 0.4) is 0 Å². The lowest BCUT2D eigenvalue weighted by atomic mass is 10.0. The predicted octanol–water partition coefficient (Wildman–Crippen LogP) is 2.35. The molecule has 26 heavy (non-hydrogen) atoms. The largest absolute Gasteiger partial charge is 0.373 e. The average Bonchev–Trinajstić information content (AvgIpc) is 3.00. The highest BCUT2D eigenvalue weighted by molar-refractivity contribution is 5.85. The summed E-state index contributed by atoms with van der Waals surface area (Å²) >= 11 is 0. The van der Waals surface area contributed by atoms with Gasteiger partial charge >= 0.3 is 0 Å². The Morgan fingerprint density at radius 2 is 2.08 bits per heavy atom. The molecule has 1 aromatic heterocycles. The number of aromatic nitrogens is 2. The Morgan fingerprint density at radius 1 is 1.35 bits per heavy atom. The summed E-state index contributed by atoms with van der Waals surface area (Å²) < 4.78 is 7.64. The molecule has 1 fully saturated rings. The fourth-order valence-corrected chi connectivity index (χ4v) is 2.97. The van der Waals surface area contributed by atoms with Crippen LogP contribution in [0.5, 0.6) is 0 Å². The van der Waals surface area contributed by atoms with Gasteiger partial charge in [0.2, 0.25) is 5.91 Å². The first kappa shape index (κ1) is 22.4. The third-order valence-corrected chi connectivity index (χ3v) is 4.27. The van der Waals surface area contributed by atoms with Crippen LogP contribution in [0.25, 0.3) is 0 Å². The number of ether oxygens (including phenoxy) is 1. The van der Waals surface area contributed by atoms with Gasteiger partial charge in [0.1, 0.15) is 0 Å². The van der Waals surface area contributed by atoms with E-state index >= 15 is 0 Å². The van der Waals surface area contributed by atoms with Gasteiger partial charge in [-0.1, -0.05) is 30.3 Å². The van der Waals surface area contributed by atoms with E-state index in [1.807, 2.05) is 59.2 Å². The molecular formula is C18H26Cl2N4O2. The predicted molar refractivity (Wildman–Crippen MR) is 106 cm³/mol. The smallest absolute Gasteiger partial charge is 0.224 e. The zero-order chi connectivity index (χ0) is 16.9. The number of hydrogen-bond donors (Lipinski definition) is 1. The highest BCUT2D eigenvalue weighted by Crippen LogP contribution is 2.16. The summed E-state index contributed by atoms with van der Waals surface area (Å²) in [6, 6.07) is 9.48. The van der Waals surface area contributed by atoms with Crippen molar-refractivity contribution in [3.05, 3.63) is 53.9 Å². The summed E-state index contributed by atoms with van der Waals surface area (Å²) in [6.07, 6.45) is 4.09. The Kier molecular flexibility index (Phi) is 9.08. The van der Waals surface area contributed by atoms with Crippen LogP contribution in [0.2, 0.25) is 0 Å². The minimum absolute atomic E-state index is 0. The van der Waals surface area contributed by atoms with Crippen LogP contribution < -0.4 is 5.73 Å². The molecule has 0 radical (unpaired) electrons. The lowest BCUT2D eigenvalue weighted by Crippen LogP contribution is -2.47. The molecule has 8 heteroatoms. The minimum Gasteiger partial charge on any atom is -0.373 e. The Balaban J connectivity index is 0.00000169. The van der Waals surface area contributed by atoms with Gasteiger partial charge in [-0.15, -0.1) is 24.8 Å². The van der Waals surface area contributed by atoms with Crippen molar-refractivity contribution < 1.29 is 9.53 Å². The second-order valence-electron chi connectivity index (χ2n) is 6.29. The first-order chi connectivity index (χ1) is 11.6. The van der Waals surface area contributed by atoms with E-state index in [-0.39, 0.29) is 42.9 Å². The van der Waals surface area contributed by atoms with Crippen molar-refractivity contribution in [3.63, 3.8) is 0 Å². The van der Waals surface area contributed by atoms with Gasteiger partial charge in [-0.3, -0.25) is 9.48 Å². The molecule has 144 valence electrons. The summed E-state index contributed by atoms with van der Waals surface area (Å²) in [4.78, 5) is 14.4. The standard InChI is InChI=1S/C18H24N4O2.2ClH/c1-14-10-20-22(11-14)13-16-12-21(7-8-24-16)18(23)9-17(19)15-5-3-2-4-6-15;;/h2-6,10-11,16-17H,7-9,12-13,19H2,1H3;2*1H. The molecule has 1 aliphatic heterocycles. The maximum atomic E-state index is 12.6. The van der Waals surface area contributed by atoms with E-state index in [0.29, 0.717) is 32.7 Å². The lowest BCUT2D eigenvalue weighted by molar-refractivity contribution is -0.139. The molecule has 2 heterocycles. The van der Waals surface area contributed by atoms with Crippen molar-refractivity contribution in [1.82, 2.24) is 14.7 Å². The Hall–Kier alpha value is -1.60. The fraction of sp³-hybridized carbons (Fsp3) is 0.444. The van der Waals surface area contributed by atoms with Gasteiger partial charge in [0.25, 0.3) is 0 Å². The maximum Gasteiger partial charge on any atom is 0.224 e. The van der Waals surface area contributed by atoms with Crippen molar-refractivity contribution >= 4 is 30.7 Å². The van der Waals surface area contributed by atoms with Gasteiger partial charge in [-0.2, -0.15) is 5.10 Å². The number of benzene rings is 1. The van der Waals surface area contributed by atoms with Gasteiger partial charge < -0.3 is 15.4 Å². The zero-order valence-electron chi connectivity index (χ0n) is 14.8. The molecule has 1 aliphatic rings. The van der Waals surface area contributed by atoms with Crippen molar-refractivity contribution in [3.8, 4) is 0 Å². The van der Waals surface area contributed by atoms with Gasteiger partial charge in [-0.05, 0) is 18.1 Å². The molecule has 6 nitrogen and oxygen atoms in total. The van der Waals surface area contributed by atoms with Crippen LogP contribution in [-0.4, -0.2) is 46.4 Å². The molecule has 2 atom stereocenters.